The molecule has 1 aliphatic rings. The lowest BCUT2D eigenvalue weighted by Gasteiger charge is -2.17. The number of nitrogens with one attached hydrogen (secondary N) is 1. The minimum absolute atomic E-state index is 0.180. The van der Waals surface area contributed by atoms with Crippen LogP contribution in [-0.4, -0.2) is 32.4 Å². The van der Waals surface area contributed by atoms with Crippen molar-refractivity contribution in [2.45, 2.75) is 25.3 Å². The van der Waals surface area contributed by atoms with Gasteiger partial charge in [-0.05, 0) is 25.0 Å². The van der Waals surface area contributed by atoms with E-state index in [2.05, 4.69) is 15.4 Å². The Kier molecular flexibility index (Phi) is 2.87. The second-order valence-electron chi connectivity index (χ2n) is 4.71. The van der Waals surface area contributed by atoms with Gasteiger partial charge in [-0.2, -0.15) is 4.98 Å². The van der Waals surface area contributed by atoms with Gasteiger partial charge in [-0.3, -0.25) is 0 Å². The summed E-state index contributed by atoms with van der Waals surface area (Å²) in [4.78, 5) is 4.28. The number of fused-ring (bicyclic) bond motifs is 1. The molecular weight excluding hydrogens is 235 g/mol. The fourth-order valence-electron chi connectivity index (χ4n) is 2.53. The predicted octanol–water partition coefficient (Wildman–Crippen LogP) is 1.44. The number of nitrogens with zero attached hydrogens (tertiary/aromatic N) is 3. The quantitative estimate of drug-likeness (QED) is 0.865. The molecule has 1 saturated carbocycles. The van der Waals surface area contributed by atoms with Crippen molar-refractivity contribution in [2.75, 3.05) is 11.9 Å². The molecule has 5 nitrogen and oxygen atoms in total. The normalized spacial score (nSPS) is 23.7. The minimum Gasteiger partial charge on any atom is -0.396 e. The van der Waals surface area contributed by atoms with E-state index in [1.807, 2.05) is 0 Å². The molecule has 0 aromatic carbocycles. The van der Waals surface area contributed by atoms with E-state index in [-0.39, 0.29) is 24.4 Å². The number of hydrogen-bond acceptors (Lipinski definition) is 4. The molecule has 1 aliphatic carbocycles. The monoisotopic (exact) mass is 250 g/mol. The zero-order valence-electron chi connectivity index (χ0n) is 9.88. The molecule has 0 bridgehead atoms. The third kappa shape index (κ3) is 2.03. The van der Waals surface area contributed by atoms with Crippen molar-refractivity contribution in [3.05, 3.63) is 24.1 Å². The molecular formula is C12H15FN4O. The number of rotatable bonds is 3. The van der Waals surface area contributed by atoms with Crippen molar-refractivity contribution in [1.29, 1.82) is 0 Å². The van der Waals surface area contributed by atoms with Crippen LogP contribution in [0.1, 0.15) is 19.3 Å². The molecule has 0 saturated heterocycles. The smallest absolute Gasteiger partial charge is 0.243 e. The Hall–Kier alpha value is -1.69. The molecule has 2 unspecified atom stereocenters. The van der Waals surface area contributed by atoms with Gasteiger partial charge in [0.2, 0.25) is 5.95 Å². The molecule has 0 spiro atoms. The number of aliphatic hydroxyl groups excluding tert-OH is 1. The number of aliphatic hydroxyl groups is 1. The highest BCUT2D eigenvalue weighted by atomic mass is 19.1. The Morgan fingerprint density at radius 1 is 1.44 bits per heavy atom. The van der Waals surface area contributed by atoms with Gasteiger partial charge < -0.3 is 10.4 Å². The lowest BCUT2D eigenvalue weighted by molar-refractivity contribution is 0.222. The van der Waals surface area contributed by atoms with Gasteiger partial charge in [-0.15, -0.1) is 5.10 Å². The van der Waals surface area contributed by atoms with Crippen LogP contribution in [-0.2, 0) is 0 Å². The summed E-state index contributed by atoms with van der Waals surface area (Å²) < 4.78 is 14.4. The maximum Gasteiger partial charge on any atom is 0.243 e. The topological polar surface area (TPSA) is 62.5 Å². The molecule has 1 fully saturated rings. The maximum atomic E-state index is 13.0. The Labute approximate surface area is 104 Å². The van der Waals surface area contributed by atoms with Crippen molar-refractivity contribution in [3.8, 4) is 0 Å². The minimum atomic E-state index is -0.340. The highest BCUT2D eigenvalue weighted by Crippen LogP contribution is 2.27. The van der Waals surface area contributed by atoms with Crippen LogP contribution in [0.25, 0.3) is 5.65 Å². The van der Waals surface area contributed by atoms with Crippen LogP contribution in [0.2, 0.25) is 0 Å². The summed E-state index contributed by atoms with van der Waals surface area (Å²) in [5.74, 6) is 0.410. The van der Waals surface area contributed by atoms with Crippen molar-refractivity contribution >= 4 is 11.6 Å². The van der Waals surface area contributed by atoms with Gasteiger partial charge in [0, 0.05) is 18.6 Å². The largest absolute Gasteiger partial charge is 0.396 e. The molecule has 2 aromatic heterocycles. The average Bonchev–Trinajstić information content (AvgIpc) is 2.94. The molecule has 3 rings (SSSR count). The summed E-state index contributed by atoms with van der Waals surface area (Å²) in [6.45, 7) is 0.180. The Balaban J connectivity index is 1.82. The van der Waals surface area contributed by atoms with Gasteiger partial charge in [0.1, 0.15) is 5.82 Å². The maximum absolute atomic E-state index is 13.0. The number of hydrogen-bond donors (Lipinski definition) is 2. The standard InChI is InChI=1S/C12H15FN4O/c13-9-4-5-11-15-12(16-17(11)6-9)14-10-3-1-2-8(10)7-18/h4-6,8,10,18H,1-3,7H2,(H,14,16). The van der Waals surface area contributed by atoms with Gasteiger partial charge >= 0.3 is 0 Å². The van der Waals surface area contributed by atoms with Crippen LogP contribution in [0.5, 0.6) is 0 Å². The number of aromatic nitrogens is 3. The first-order valence-corrected chi connectivity index (χ1v) is 6.15. The number of pyridine rings is 1. The second kappa shape index (κ2) is 4.53. The van der Waals surface area contributed by atoms with E-state index in [4.69, 9.17) is 0 Å². The molecule has 6 heteroatoms. The van der Waals surface area contributed by atoms with E-state index in [1.165, 1.54) is 16.8 Å². The van der Waals surface area contributed by atoms with Crippen LogP contribution >= 0.6 is 0 Å². The lowest BCUT2D eigenvalue weighted by atomic mass is 10.1. The first-order valence-electron chi connectivity index (χ1n) is 6.15. The SMILES string of the molecule is OCC1CCCC1Nc1nc2ccc(F)cn2n1. The van der Waals surface area contributed by atoms with Gasteiger partial charge in [-0.25, -0.2) is 8.91 Å². The van der Waals surface area contributed by atoms with E-state index in [1.54, 1.807) is 6.07 Å². The van der Waals surface area contributed by atoms with Crippen LogP contribution in [0.3, 0.4) is 0 Å². The van der Waals surface area contributed by atoms with Crippen LogP contribution in [0.15, 0.2) is 18.3 Å². The lowest BCUT2D eigenvalue weighted by Crippen LogP contribution is -2.26. The van der Waals surface area contributed by atoms with E-state index in [0.29, 0.717) is 11.6 Å². The average molecular weight is 250 g/mol. The van der Waals surface area contributed by atoms with Crippen molar-refractivity contribution in [3.63, 3.8) is 0 Å². The zero-order valence-corrected chi connectivity index (χ0v) is 9.88. The van der Waals surface area contributed by atoms with E-state index >= 15 is 0 Å². The summed E-state index contributed by atoms with van der Waals surface area (Å²) in [5, 5.41) is 16.7. The molecule has 2 N–H and O–H groups in total. The second-order valence-corrected chi connectivity index (χ2v) is 4.71. The van der Waals surface area contributed by atoms with Crippen molar-refractivity contribution in [1.82, 2.24) is 14.6 Å². The molecule has 2 atom stereocenters. The zero-order chi connectivity index (χ0) is 12.5. The summed E-state index contributed by atoms with van der Waals surface area (Å²) in [5.41, 5.74) is 0.609. The summed E-state index contributed by atoms with van der Waals surface area (Å²) in [6, 6.07) is 3.16. The van der Waals surface area contributed by atoms with Gasteiger partial charge in [0.25, 0.3) is 0 Å². The molecule has 0 aliphatic heterocycles. The Morgan fingerprint density at radius 3 is 3.17 bits per heavy atom. The van der Waals surface area contributed by atoms with Crippen molar-refractivity contribution < 1.29 is 9.50 Å². The van der Waals surface area contributed by atoms with Gasteiger partial charge in [0.15, 0.2) is 5.65 Å². The van der Waals surface area contributed by atoms with Crippen LogP contribution in [0.4, 0.5) is 10.3 Å². The third-order valence-corrected chi connectivity index (χ3v) is 3.50. The molecule has 0 radical (unpaired) electrons. The molecule has 96 valence electrons. The highest BCUT2D eigenvalue weighted by molar-refractivity contribution is 5.43. The number of anilines is 1. The summed E-state index contributed by atoms with van der Waals surface area (Å²) >= 11 is 0. The van der Waals surface area contributed by atoms with E-state index < -0.39 is 0 Å². The van der Waals surface area contributed by atoms with Crippen LogP contribution < -0.4 is 5.32 Å². The predicted molar refractivity (Wildman–Crippen MR) is 64.8 cm³/mol. The Bertz CT molecular complexity index is 556. The van der Waals surface area contributed by atoms with Gasteiger partial charge in [-0.1, -0.05) is 6.42 Å². The molecule has 0 amide bonds. The van der Waals surface area contributed by atoms with Crippen molar-refractivity contribution in [2.24, 2.45) is 5.92 Å². The first kappa shape index (κ1) is 11.4. The fourth-order valence-corrected chi connectivity index (χ4v) is 2.53. The third-order valence-electron chi connectivity index (χ3n) is 3.50. The molecule has 2 heterocycles. The molecule has 2 aromatic rings. The first-order chi connectivity index (χ1) is 8.76. The Morgan fingerprint density at radius 2 is 2.33 bits per heavy atom. The fraction of sp³-hybridized carbons (Fsp3) is 0.500. The molecule has 18 heavy (non-hydrogen) atoms. The van der Waals surface area contributed by atoms with Crippen LogP contribution in [0, 0.1) is 11.7 Å². The summed E-state index contributed by atoms with van der Waals surface area (Å²) in [6.07, 6.45) is 4.43. The van der Waals surface area contributed by atoms with Gasteiger partial charge in [0.05, 0.1) is 6.20 Å². The highest BCUT2D eigenvalue weighted by Gasteiger charge is 2.27. The van der Waals surface area contributed by atoms with E-state index in [9.17, 15) is 9.50 Å². The van der Waals surface area contributed by atoms with E-state index in [0.717, 1.165) is 19.3 Å². The number of halogens is 1. The summed E-state index contributed by atoms with van der Waals surface area (Å²) in [7, 11) is 0.